The van der Waals surface area contributed by atoms with E-state index in [1.54, 1.807) is 19.2 Å². The molecule has 2 aromatic rings. The number of rotatable bonds is 4. The van der Waals surface area contributed by atoms with Crippen molar-refractivity contribution in [3.8, 4) is 0 Å². The summed E-state index contributed by atoms with van der Waals surface area (Å²) in [6.45, 7) is 1.57. The number of H-pyrrole nitrogens is 1. The van der Waals surface area contributed by atoms with Crippen LogP contribution in [0, 0.1) is 0 Å². The quantitative estimate of drug-likeness (QED) is 0.870. The van der Waals surface area contributed by atoms with Gasteiger partial charge in [0.2, 0.25) is 0 Å². The molecule has 0 aliphatic heterocycles. The van der Waals surface area contributed by atoms with Crippen molar-refractivity contribution < 1.29 is 4.79 Å². The fourth-order valence-electron chi connectivity index (χ4n) is 1.71. The Morgan fingerprint density at radius 1 is 1.47 bits per heavy atom. The van der Waals surface area contributed by atoms with E-state index in [9.17, 15) is 9.59 Å². The van der Waals surface area contributed by atoms with Crippen LogP contribution in [0.5, 0.6) is 0 Å². The predicted octanol–water partition coefficient (Wildman–Crippen LogP) is 2.61. The number of hydrogen-bond acceptors (Lipinski definition) is 4. The third-order valence-electron chi connectivity index (χ3n) is 2.59. The summed E-state index contributed by atoms with van der Waals surface area (Å²) < 4.78 is 0. The highest BCUT2D eigenvalue weighted by Crippen LogP contribution is 2.13. The van der Waals surface area contributed by atoms with Crippen LogP contribution in [0.3, 0.4) is 0 Å². The first-order chi connectivity index (χ1) is 9.16. The van der Waals surface area contributed by atoms with E-state index in [-0.39, 0.29) is 10.7 Å². The lowest BCUT2D eigenvalue weighted by Gasteiger charge is -1.98. The molecule has 0 aliphatic carbocycles. The molecule has 98 valence electrons. The van der Waals surface area contributed by atoms with Gasteiger partial charge in [0.15, 0.2) is 5.12 Å². The van der Waals surface area contributed by atoms with E-state index in [0.29, 0.717) is 5.39 Å². The molecule has 0 unspecified atom stereocenters. The fraction of sp³-hybridized carbons (Fsp3) is 0.214. The average molecular weight is 274 g/mol. The molecule has 0 saturated heterocycles. The van der Waals surface area contributed by atoms with E-state index in [4.69, 9.17) is 0 Å². The zero-order valence-electron chi connectivity index (χ0n) is 10.6. The summed E-state index contributed by atoms with van der Waals surface area (Å²) in [5, 5.41) is 7.79. The first-order valence-electron chi connectivity index (χ1n) is 5.94. The summed E-state index contributed by atoms with van der Waals surface area (Å²) in [5.74, 6) is 0.792. The van der Waals surface area contributed by atoms with Crippen LogP contribution >= 0.6 is 11.8 Å². The molecule has 4 nitrogen and oxygen atoms in total. The first-order valence-corrected chi connectivity index (χ1v) is 6.93. The Labute approximate surface area is 114 Å². The van der Waals surface area contributed by atoms with Crippen molar-refractivity contribution in [3.63, 3.8) is 0 Å². The van der Waals surface area contributed by atoms with E-state index in [1.807, 2.05) is 24.3 Å². The van der Waals surface area contributed by atoms with Crippen molar-refractivity contribution in [1.82, 2.24) is 10.2 Å². The van der Waals surface area contributed by atoms with Gasteiger partial charge in [0, 0.05) is 18.1 Å². The predicted molar refractivity (Wildman–Crippen MR) is 79.2 cm³/mol. The highest BCUT2D eigenvalue weighted by Gasteiger charge is 1.98. The normalized spacial score (nSPS) is 11.2. The molecule has 0 atom stereocenters. The minimum Gasteiger partial charge on any atom is -0.288 e. The smallest absolute Gasteiger partial charge is 0.272 e. The molecule has 0 radical (unpaired) electrons. The Morgan fingerprint density at radius 3 is 3.11 bits per heavy atom. The maximum Gasteiger partial charge on any atom is 0.272 e. The second kappa shape index (κ2) is 6.33. The molecule has 5 heteroatoms. The van der Waals surface area contributed by atoms with Crippen LogP contribution < -0.4 is 5.56 Å². The van der Waals surface area contributed by atoms with Gasteiger partial charge < -0.3 is 0 Å². The molecule has 2 rings (SSSR count). The van der Waals surface area contributed by atoms with Crippen molar-refractivity contribution in [2.75, 3.05) is 5.75 Å². The van der Waals surface area contributed by atoms with Crippen molar-refractivity contribution >= 4 is 33.7 Å². The molecule has 0 amide bonds. The number of aromatic amines is 1. The van der Waals surface area contributed by atoms with Gasteiger partial charge in [-0.05, 0) is 24.1 Å². The highest BCUT2D eigenvalue weighted by atomic mass is 32.2. The number of nitrogens with one attached hydrogen (secondary N) is 1. The van der Waals surface area contributed by atoms with Gasteiger partial charge in [-0.15, -0.1) is 0 Å². The lowest BCUT2D eigenvalue weighted by atomic mass is 10.1. The van der Waals surface area contributed by atoms with Crippen LogP contribution in [-0.2, 0) is 4.79 Å². The monoisotopic (exact) mass is 274 g/mol. The number of carbonyl (C=O) groups excluding carboxylic acids is 1. The number of benzene rings is 1. The molecule has 1 heterocycles. The number of aromatic nitrogens is 2. The van der Waals surface area contributed by atoms with Crippen LogP contribution in [0.2, 0.25) is 0 Å². The van der Waals surface area contributed by atoms with Crippen LogP contribution in [0.25, 0.3) is 16.8 Å². The topological polar surface area (TPSA) is 62.8 Å². The van der Waals surface area contributed by atoms with Gasteiger partial charge in [-0.25, -0.2) is 5.10 Å². The number of allylic oxidation sites excluding steroid dienone is 1. The van der Waals surface area contributed by atoms with E-state index >= 15 is 0 Å². The number of nitrogens with zero attached hydrogens (tertiary/aromatic N) is 1. The van der Waals surface area contributed by atoms with Gasteiger partial charge in [-0.3, -0.25) is 9.59 Å². The zero-order chi connectivity index (χ0) is 13.7. The van der Waals surface area contributed by atoms with Gasteiger partial charge in [-0.1, -0.05) is 30.0 Å². The third-order valence-corrected chi connectivity index (χ3v) is 3.44. The summed E-state index contributed by atoms with van der Waals surface area (Å²) >= 11 is 1.33. The van der Waals surface area contributed by atoms with Crippen molar-refractivity contribution in [2.24, 2.45) is 0 Å². The van der Waals surface area contributed by atoms with Crippen LogP contribution in [0.4, 0.5) is 0 Å². The van der Waals surface area contributed by atoms with Crippen LogP contribution in [0.1, 0.15) is 18.9 Å². The molecule has 0 aliphatic rings. The SMILES string of the molecule is CC(=O)SCCC=Cc1ccc2c(=O)[nH]ncc2c1. The molecule has 0 fully saturated rings. The second-order valence-corrected chi connectivity index (χ2v) is 5.35. The lowest BCUT2D eigenvalue weighted by Crippen LogP contribution is -2.06. The summed E-state index contributed by atoms with van der Waals surface area (Å²) in [4.78, 5) is 22.2. The molecular weight excluding hydrogens is 260 g/mol. The summed E-state index contributed by atoms with van der Waals surface area (Å²) in [6.07, 6.45) is 6.49. The Balaban J connectivity index is 2.07. The maximum absolute atomic E-state index is 11.5. The lowest BCUT2D eigenvalue weighted by molar-refractivity contribution is -0.109. The molecule has 1 N–H and O–H groups in total. The van der Waals surface area contributed by atoms with Gasteiger partial charge >= 0.3 is 0 Å². The van der Waals surface area contributed by atoms with Crippen molar-refractivity contribution in [2.45, 2.75) is 13.3 Å². The Bertz CT molecular complexity index is 676. The molecule has 0 spiro atoms. The Kier molecular flexibility index (Phi) is 4.52. The van der Waals surface area contributed by atoms with E-state index in [2.05, 4.69) is 10.2 Å². The number of thioether (sulfide) groups is 1. The van der Waals surface area contributed by atoms with Gasteiger partial charge in [0.25, 0.3) is 5.56 Å². The first kappa shape index (κ1) is 13.5. The van der Waals surface area contributed by atoms with Gasteiger partial charge in [-0.2, -0.15) is 5.10 Å². The molecule has 0 bridgehead atoms. The van der Waals surface area contributed by atoms with Crippen molar-refractivity contribution in [1.29, 1.82) is 0 Å². The molecule has 19 heavy (non-hydrogen) atoms. The van der Waals surface area contributed by atoms with Crippen LogP contribution in [0.15, 0.2) is 35.3 Å². The van der Waals surface area contributed by atoms with E-state index in [0.717, 1.165) is 23.1 Å². The Hall–Kier alpha value is -1.88. The maximum atomic E-state index is 11.5. The van der Waals surface area contributed by atoms with Gasteiger partial charge in [0.1, 0.15) is 0 Å². The average Bonchev–Trinajstić information content (AvgIpc) is 2.38. The fourth-order valence-corrected chi connectivity index (χ4v) is 2.25. The Morgan fingerprint density at radius 2 is 2.32 bits per heavy atom. The zero-order valence-corrected chi connectivity index (χ0v) is 11.4. The third kappa shape index (κ3) is 3.79. The second-order valence-electron chi connectivity index (χ2n) is 4.08. The standard InChI is InChI=1S/C14H14N2O2S/c1-10(17)19-7-3-2-4-11-5-6-13-12(8-11)9-15-16-14(13)18/h2,4-6,8-9H,3,7H2,1H3,(H,16,18). The summed E-state index contributed by atoms with van der Waals surface area (Å²) in [7, 11) is 0. The molecular formula is C14H14N2O2S. The van der Waals surface area contributed by atoms with E-state index < -0.39 is 0 Å². The molecule has 0 saturated carbocycles. The minimum absolute atomic E-state index is 0.143. The van der Waals surface area contributed by atoms with Crippen LogP contribution in [-0.4, -0.2) is 21.1 Å². The number of hydrogen-bond donors (Lipinski definition) is 1. The largest absolute Gasteiger partial charge is 0.288 e. The van der Waals surface area contributed by atoms with E-state index in [1.165, 1.54) is 11.8 Å². The summed E-state index contributed by atoms with van der Waals surface area (Å²) in [6, 6.07) is 5.61. The summed E-state index contributed by atoms with van der Waals surface area (Å²) in [5.41, 5.74) is 0.846. The molecule has 1 aromatic heterocycles. The van der Waals surface area contributed by atoms with Gasteiger partial charge in [0.05, 0.1) is 11.6 Å². The minimum atomic E-state index is -0.175. The number of fused-ring (bicyclic) bond motifs is 1. The molecule has 1 aromatic carbocycles. The highest BCUT2D eigenvalue weighted by molar-refractivity contribution is 8.13. The van der Waals surface area contributed by atoms with Crippen molar-refractivity contribution in [3.05, 3.63) is 46.4 Å². The number of carbonyl (C=O) groups is 1.